The Kier molecular flexibility index (Phi) is 5.90. The molecule has 5 rings (SSSR count). The molecule has 0 spiro atoms. The Labute approximate surface area is 206 Å². The minimum absolute atomic E-state index is 0.0508. The second kappa shape index (κ2) is 9.03. The second-order valence-electron chi connectivity index (χ2n) is 7.70. The molecule has 3 aromatic rings. The number of carbonyl (C=O) groups is 3. The Morgan fingerprint density at radius 1 is 1.40 bits per heavy atom. The Morgan fingerprint density at radius 2 is 2.23 bits per heavy atom. The molecule has 2 atom stereocenters. The van der Waals surface area contributed by atoms with Gasteiger partial charge in [0.1, 0.15) is 48.9 Å². The molecule has 5 heterocycles. The number of fused-ring (bicyclic) bond motifs is 2. The number of thioether (sulfide) groups is 1. The van der Waals surface area contributed by atoms with Crippen LogP contribution in [0.15, 0.2) is 58.6 Å². The molecule has 0 unspecified atom stereocenters. The number of β-lactam (4-membered cyclic amide) rings is 1. The van der Waals surface area contributed by atoms with Gasteiger partial charge in [-0.3, -0.25) is 14.5 Å². The molecule has 2 aliphatic heterocycles. The molecular formula is C21H20N7O5S2+. The zero-order valence-electron chi connectivity index (χ0n) is 18.3. The fourth-order valence-electron chi connectivity index (χ4n) is 4.09. The van der Waals surface area contributed by atoms with E-state index < -0.39 is 29.2 Å². The third-order valence-corrected chi connectivity index (χ3v) is 7.64. The minimum Gasteiger partial charge on any atom is -0.477 e. The number of nitrogens with one attached hydrogen (secondary N) is 1. The van der Waals surface area contributed by atoms with Gasteiger partial charge in [0.25, 0.3) is 17.5 Å². The summed E-state index contributed by atoms with van der Waals surface area (Å²) < 4.78 is 3.85. The van der Waals surface area contributed by atoms with Gasteiger partial charge in [-0.05, 0) is 6.07 Å². The van der Waals surface area contributed by atoms with Gasteiger partial charge in [-0.25, -0.2) is 18.7 Å². The molecule has 180 valence electrons. The van der Waals surface area contributed by atoms with E-state index in [1.54, 1.807) is 5.38 Å². The number of rotatable bonds is 7. The molecule has 0 bridgehead atoms. The van der Waals surface area contributed by atoms with Crippen molar-refractivity contribution in [2.24, 2.45) is 5.16 Å². The lowest BCUT2D eigenvalue weighted by molar-refractivity contribution is -0.662. The van der Waals surface area contributed by atoms with E-state index in [1.807, 2.05) is 45.8 Å². The van der Waals surface area contributed by atoms with E-state index in [0.29, 0.717) is 17.9 Å². The minimum atomic E-state index is -1.19. The summed E-state index contributed by atoms with van der Waals surface area (Å²) in [7, 11) is 1.29. The van der Waals surface area contributed by atoms with E-state index in [9.17, 15) is 19.5 Å². The monoisotopic (exact) mass is 514 g/mol. The Balaban J connectivity index is 1.37. The first-order valence-electron chi connectivity index (χ1n) is 10.4. The van der Waals surface area contributed by atoms with Crippen molar-refractivity contribution < 1.29 is 28.9 Å². The summed E-state index contributed by atoms with van der Waals surface area (Å²) in [5.74, 6) is -1.97. The van der Waals surface area contributed by atoms with Crippen molar-refractivity contribution >= 4 is 57.4 Å². The van der Waals surface area contributed by atoms with Gasteiger partial charge >= 0.3 is 5.97 Å². The van der Waals surface area contributed by atoms with Crippen LogP contribution in [0.2, 0.25) is 0 Å². The topological polar surface area (TPSA) is 156 Å². The van der Waals surface area contributed by atoms with E-state index >= 15 is 0 Å². The number of nitrogen functional groups attached to an aromatic ring is 1. The molecule has 4 N–H and O–H groups in total. The average Bonchev–Trinajstić information content (AvgIpc) is 3.46. The van der Waals surface area contributed by atoms with Crippen LogP contribution in [0.5, 0.6) is 0 Å². The molecule has 0 aromatic carbocycles. The third kappa shape index (κ3) is 4.00. The summed E-state index contributed by atoms with van der Waals surface area (Å²) >= 11 is 2.53. The van der Waals surface area contributed by atoms with Crippen LogP contribution < -0.4 is 15.6 Å². The number of aliphatic carboxylic acids is 1. The number of nitrogens with zero attached hydrogens (tertiary/aromatic N) is 5. The van der Waals surface area contributed by atoms with Crippen molar-refractivity contribution in [1.29, 1.82) is 0 Å². The summed E-state index contributed by atoms with van der Waals surface area (Å²) in [6.07, 6.45) is 5.64. The number of carboxylic acid groups (broad SMARTS) is 1. The largest absolute Gasteiger partial charge is 0.477 e. The molecule has 35 heavy (non-hydrogen) atoms. The predicted molar refractivity (Wildman–Crippen MR) is 127 cm³/mol. The van der Waals surface area contributed by atoms with Gasteiger partial charge in [0.15, 0.2) is 10.8 Å². The molecule has 0 aliphatic carbocycles. The van der Waals surface area contributed by atoms with E-state index in [2.05, 4.69) is 15.5 Å². The number of hydrogen-bond acceptors (Lipinski definition) is 9. The van der Waals surface area contributed by atoms with E-state index in [1.165, 1.54) is 23.8 Å². The Hall–Kier alpha value is -3.91. The van der Waals surface area contributed by atoms with E-state index in [0.717, 1.165) is 17.0 Å². The van der Waals surface area contributed by atoms with Crippen molar-refractivity contribution in [1.82, 2.24) is 19.6 Å². The van der Waals surface area contributed by atoms with Gasteiger partial charge in [-0.1, -0.05) is 11.2 Å². The summed E-state index contributed by atoms with van der Waals surface area (Å²) in [4.78, 5) is 48.1. The van der Waals surface area contributed by atoms with Crippen LogP contribution in [0.1, 0.15) is 5.69 Å². The van der Waals surface area contributed by atoms with Crippen molar-refractivity contribution in [3.8, 4) is 0 Å². The Bertz CT molecular complexity index is 1410. The lowest BCUT2D eigenvalue weighted by atomic mass is 10.0. The Morgan fingerprint density at radius 3 is 2.94 bits per heavy atom. The number of anilines is 1. The third-order valence-electron chi connectivity index (χ3n) is 5.63. The fraction of sp³-hybridized carbons (Fsp3) is 0.238. The van der Waals surface area contributed by atoms with Crippen LogP contribution >= 0.6 is 23.1 Å². The van der Waals surface area contributed by atoms with Crippen LogP contribution in [-0.4, -0.2) is 67.2 Å². The highest BCUT2D eigenvalue weighted by Gasteiger charge is 2.54. The highest BCUT2D eigenvalue weighted by Crippen LogP contribution is 2.40. The molecule has 0 radical (unpaired) electrons. The van der Waals surface area contributed by atoms with Crippen LogP contribution in [0.4, 0.5) is 5.13 Å². The maximum absolute atomic E-state index is 13.0. The first kappa shape index (κ1) is 22.9. The van der Waals surface area contributed by atoms with Gasteiger partial charge in [-0.2, -0.15) is 0 Å². The molecule has 14 heteroatoms. The molecule has 2 aliphatic rings. The maximum atomic E-state index is 13.0. The summed E-state index contributed by atoms with van der Waals surface area (Å²) in [5, 5.41) is 17.6. The predicted octanol–water partition coefficient (Wildman–Crippen LogP) is 0.0548. The number of amides is 2. The summed E-state index contributed by atoms with van der Waals surface area (Å²) in [5.41, 5.74) is 7.19. The molecule has 0 saturated carbocycles. The number of oxime groups is 1. The smallest absolute Gasteiger partial charge is 0.352 e. The first-order chi connectivity index (χ1) is 16.9. The number of hydrogen-bond donors (Lipinski definition) is 3. The van der Waals surface area contributed by atoms with Crippen molar-refractivity contribution in [2.45, 2.75) is 18.0 Å². The van der Waals surface area contributed by atoms with Crippen LogP contribution in [-0.2, 0) is 25.8 Å². The van der Waals surface area contributed by atoms with Crippen molar-refractivity contribution in [3.05, 3.63) is 59.1 Å². The van der Waals surface area contributed by atoms with E-state index in [-0.39, 0.29) is 22.2 Å². The number of imidazole rings is 1. The van der Waals surface area contributed by atoms with Crippen LogP contribution in [0.25, 0.3) is 5.65 Å². The molecule has 1 saturated heterocycles. The zero-order chi connectivity index (χ0) is 24.7. The summed E-state index contributed by atoms with van der Waals surface area (Å²) in [6.45, 7) is 0.318. The SMILES string of the molecule is CO/N=C(\C(=O)N[C@@H]1C(=O)N2C(C(=O)O)=C(C[n+]3ccn4ccccc43)CS[C@H]12)c1csc(N)n1. The number of carboxylic acids is 1. The molecular weight excluding hydrogens is 494 g/mol. The van der Waals surface area contributed by atoms with Gasteiger partial charge in [0, 0.05) is 22.8 Å². The quantitative estimate of drug-likeness (QED) is 0.173. The number of carbonyl (C=O) groups excluding carboxylic acids is 2. The van der Waals surface area contributed by atoms with Gasteiger partial charge in [0.05, 0.1) is 6.20 Å². The molecule has 2 amide bonds. The van der Waals surface area contributed by atoms with E-state index in [4.69, 9.17) is 10.6 Å². The van der Waals surface area contributed by atoms with Gasteiger partial charge in [-0.15, -0.1) is 23.1 Å². The normalized spacial score (nSPS) is 20.0. The number of aromatic nitrogens is 3. The highest BCUT2D eigenvalue weighted by atomic mass is 32.2. The number of nitrogens with two attached hydrogens (primary N) is 1. The number of thiazole rings is 1. The van der Waals surface area contributed by atoms with Crippen molar-refractivity contribution in [2.75, 3.05) is 18.6 Å². The van der Waals surface area contributed by atoms with Gasteiger partial charge in [0.2, 0.25) is 0 Å². The lowest BCUT2D eigenvalue weighted by Gasteiger charge is -2.49. The summed E-state index contributed by atoms with van der Waals surface area (Å²) in [6, 6.07) is 4.82. The first-order valence-corrected chi connectivity index (χ1v) is 12.3. The van der Waals surface area contributed by atoms with Gasteiger partial charge < -0.3 is 21.0 Å². The van der Waals surface area contributed by atoms with Crippen molar-refractivity contribution in [3.63, 3.8) is 0 Å². The number of pyridine rings is 1. The maximum Gasteiger partial charge on any atom is 0.352 e. The zero-order valence-corrected chi connectivity index (χ0v) is 20.0. The lowest BCUT2D eigenvalue weighted by Crippen LogP contribution is -2.71. The molecule has 3 aromatic heterocycles. The standard InChI is InChI=1S/C21H19N7O5S2/c1-33-25-14(12-10-35-21(22)23-12)17(29)24-15-18(30)28-16(20(31)32)11(9-34-19(15)28)8-27-7-6-26-5-3-2-4-13(26)27/h2-7,10,15,19H,8-9H2,1H3,(H3-,22,23,24,29,31,32)/p+1/b25-14-/t15-,19-/m1/s1. The highest BCUT2D eigenvalue weighted by molar-refractivity contribution is 8.00. The fourth-order valence-corrected chi connectivity index (χ4v) is 5.97. The second-order valence-corrected chi connectivity index (χ2v) is 9.70. The van der Waals surface area contributed by atoms with Crippen LogP contribution in [0.3, 0.4) is 0 Å². The molecule has 1 fully saturated rings. The molecule has 12 nitrogen and oxygen atoms in total. The average molecular weight is 515 g/mol. The van der Waals surface area contributed by atoms with Crippen LogP contribution in [0, 0.1) is 0 Å².